The minimum atomic E-state index is -3.60. The van der Waals surface area contributed by atoms with Crippen molar-refractivity contribution >= 4 is 10.0 Å². The largest absolute Gasteiger partial charge is 0.473 e. The zero-order valence-corrected chi connectivity index (χ0v) is 13.6. The number of sulfonamides is 1. The van der Waals surface area contributed by atoms with E-state index in [0.717, 1.165) is 0 Å². The molecule has 128 valence electrons. The van der Waals surface area contributed by atoms with Crippen LogP contribution in [0.1, 0.15) is 6.42 Å². The van der Waals surface area contributed by atoms with E-state index in [-0.39, 0.29) is 35.6 Å². The molecule has 0 bridgehead atoms. The fourth-order valence-corrected chi connectivity index (χ4v) is 3.60. The Morgan fingerprint density at radius 3 is 2.87 bits per heavy atom. The minimum absolute atomic E-state index is 0.0340. The van der Waals surface area contributed by atoms with E-state index in [1.807, 2.05) is 0 Å². The lowest BCUT2D eigenvalue weighted by molar-refractivity contribution is 0.115. The monoisotopic (exact) mass is 345 g/mol. The van der Waals surface area contributed by atoms with Gasteiger partial charge in [0.2, 0.25) is 15.9 Å². The maximum Gasteiger partial charge on any atom is 0.244 e. The molecular weight excluding hydrogens is 325 g/mol. The fourth-order valence-electron chi connectivity index (χ4n) is 2.16. The van der Waals surface area contributed by atoms with Crippen molar-refractivity contribution in [3.05, 3.63) is 30.2 Å². The number of aromatic nitrogens is 1. The van der Waals surface area contributed by atoms with Gasteiger partial charge in [0.1, 0.15) is 11.5 Å². The second kappa shape index (κ2) is 7.82. The van der Waals surface area contributed by atoms with E-state index in [1.165, 1.54) is 22.6 Å². The van der Waals surface area contributed by atoms with Gasteiger partial charge >= 0.3 is 0 Å². The molecule has 23 heavy (non-hydrogen) atoms. The average Bonchev–Trinajstić information content (AvgIpc) is 3.06. The zero-order chi connectivity index (χ0) is 16.9. The van der Waals surface area contributed by atoms with Crippen LogP contribution in [0.25, 0.3) is 0 Å². The molecule has 1 aromatic rings. The van der Waals surface area contributed by atoms with Crippen molar-refractivity contribution in [1.82, 2.24) is 9.29 Å². The SMILES string of the molecule is COC1CCN(S(=O)(=O)c2ccc(OC/C(=C/F)CN)nc2)C1. The van der Waals surface area contributed by atoms with Crippen molar-refractivity contribution in [1.29, 1.82) is 0 Å². The topological polar surface area (TPSA) is 94.8 Å². The first kappa shape index (κ1) is 17.8. The van der Waals surface area contributed by atoms with Gasteiger partial charge in [-0.15, -0.1) is 0 Å². The lowest BCUT2D eigenvalue weighted by Gasteiger charge is -2.16. The van der Waals surface area contributed by atoms with Gasteiger partial charge in [-0.25, -0.2) is 17.8 Å². The normalized spacial score (nSPS) is 20.0. The third-order valence-corrected chi connectivity index (χ3v) is 5.46. The van der Waals surface area contributed by atoms with Crippen molar-refractivity contribution in [2.24, 2.45) is 5.73 Å². The maximum absolute atomic E-state index is 12.5. The summed E-state index contributed by atoms with van der Waals surface area (Å²) < 4.78 is 49.1. The highest BCUT2D eigenvalue weighted by Crippen LogP contribution is 2.22. The molecule has 1 aliphatic rings. The molecule has 2 rings (SSSR count). The first-order valence-electron chi connectivity index (χ1n) is 7.11. The second-order valence-corrected chi connectivity index (χ2v) is 7.04. The van der Waals surface area contributed by atoms with Crippen LogP contribution in [0, 0.1) is 0 Å². The molecule has 1 fully saturated rings. The molecule has 0 spiro atoms. The molecule has 0 saturated carbocycles. The van der Waals surface area contributed by atoms with Gasteiger partial charge < -0.3 is 15.2 Å². The molecule has 7 nitrogen and oxygen atoms in total. The van der Waals surface area contributed by atoms with Gasteiger partial charge in [-0.2, -0.15) is 4.31 Å². The van der Waals surface area contributed by atoms with Crippen molar-refractivity contribution < 1.29 is 22.3 Å². The molecular formula is C14H20FN3O4S. The fraction of sp³-hybridized carbons (Fsp3) is 0.500. The lowest BCUT2D eigenvalue weighted by Crippen LogP contribution is -2.30. The quantitative estimate of drug-likeness (QED) is 0.781. The number of ether oxygens (including phenoxy) is 2. The first-order valence-corrected chi connectivity index (χ1v) is 8.55. The Hall–Kier alpha value is -1.55. The van der Waals surface area contributed by atoms with E-state index < -0.39 is 10.0 Å². The summed E-state index contributed by atoms with van der Waals surface area (Å²) in [6.07, 6.45) is 2.20. The summed E-state index contributed by atoms with van der Waals surface area (Å²) in [5.41, 5.74) is 5.60. The summed E-state index contributed by atoms with van der Waals surface area (Å²) in [6.45, 7) is 0.755. The first-order chi connectivity index (χ1) is 11.0. The summed E-state index contributed by atoms with van der Waals surface area (Å²) in [6, 6.07) is 2.85. The lowest BCUT2D eigenvalue weighted by atomic mass is 10.3. The van der Waals surface area contributed by atoms with Gasteiger partial charge in [0, 0.05) is 38.4 Å². The Bertz CT molecular complexity index is 648. The molecule has 0 aromatic carbocycles. The van der Waals surface area contributed by atoms with Crippen molar-refractivity contribution in [2.45, 2.75) is 17.4 Å². The smallest absolute Gasteiger partial charge is 0.244 e. The zero-order valence-electron chi connectivity index (χ0n) is 12.8. The molecule has 9 heteroatoms. The van der Waals surface area contributed by atoms with Crippen molar-refractivity contribution in [3.8, 4) is 5.88 Å². The van der Waals surface area contributed by atoms with E-state index in [1.54, 1.807) is 7.11 Å². The molecule has 1 atom stereocenters. The van der Waals surface area contributed by atoms with Crippen molar-refractivity contribution in [3.63, 3.8) is 0 Å². The number of hydrogen-bond acceptors (Lipinski definition) is 6. The molecule has 0 amide bonds. The second-order valence-electron chi connectivity index (χ2n) is 5.10. The van der Waals surface area contributed by atoms with Crippen LogP contribution in [0.2, 0.25) is 0 Å². The van der Waals surface area contributed by atoms with Gasteiger partial charge in [0.05, 0.1) is 18.6 Å². The van der Waals surface area contributed by atoms with E-state index >= 15 is 0 Å². The number of nitrogens with zero attached hydrogens (tertiary/aromatic N) is 2. The highest BCUT2D eigenvalue weighted by molar-refractivity contribution is 7.89. The molecule has 2 N–H and O–H groups in total. The van der Waals surface area contributed by atoms with Gasteiger partial charge in [-0.05, 0) is 12.5 Å². The van der Waals surface area contributed by atoms with E-state index in [4.69, 9.17) is 15.2 Å². The average molecular weight is 345 g/mol. The molecule has 0 aliphatic carbocycles. The van der Waals surface area contributed by atoms with Crippen LogP contribution in [-0.2, 0) is 14.8 Å². The third-order valence-electron chi connectivity index (χ3n) is 3.61. The van der Waals surface area contributed by atoms with Gasteiger partial charge in [0.15, 0.2) is 0 Å². The Kier molecular flexibility index (Phi) is 6.05. The highest BCUT2D eigenvalue weighted by Gasteiger charge is 2.32. The minimum Gasteiger partial charge on any atom is -0.473 e. The standard InChI is InChI=1S/C14H20FN3O4S/c1-21-12-4-5-18(9-12)23(19,20)13-2-3-14(17-8-13)22-10-11(6-15)7-16/h2-3,6,8,12H,4-5,7,9-10,16H2,1H3/b11-6+. The van der Waals surface area contributed by atoms with Crippen LogP contribution in [0.5, 0.6) is 5.88 Å². The summed E-state index contributed by atoms with van der Waals surface area (Å²) in [4.78, 5) is 4.03. The summed E-state index contributed by atoms with van der Waals surface area (Å²) >= 11 is 0. The number of hydrogen-bond donors (Lipinski definition) is 1. The van der Waals surface area contributed by atoms with Crippen LogP contribution in [0.3, 0.4) is 0 Å². The predicted octanol–water partition coefficient (Wildman–Crippen LogP) is 0.682. The van der Waals surface area contributed by atoms with Gasteiger partial charge in [-0.1, -0.05) is 0 Å². The molecule has 0 radical (unpaired) electrons. The highest BCUT2D eigenvalue weighted by atomic mass is 32.2. The van der Waals surface area contributed by atoms with Crippen LogP contribution >= 0.6 is 0 Å². The number of nitrogens with two attached hydrogens (primary N) is 1. The Labute approximate surface area is 134 Å². The number of rotatable bonds is 7. The summed E-state index contributed by atoms with van der Waals surface area (Å²) in [5, 5.41) is 0. The van der Waals surface area contributed by atoms with Crippen LogP contribution < -0.4 is 10.5 Å². The molecule has 2 heterocycles. The van der Waals surface area contributed by atoms with Crippen molar-refractivity contribution in [2.75, 3.05) is 33.4 Å². The molecule has 1 aliphatic heterocycles. The number of halogens is 1. The van der Waals surface area contributed by atoms with E-state index in [9.17, 15) is 12.8 Å². The Morgan fingerprint density at radius 2 is 2.35 bits per heavy atom. The number of pyridine rings is 1. The van der Waals surface area contributed by atoms with Crippen LogP contribution in [0.4, 0.5) is 4.39 Å². The summed E-state index contributed by atoms with van der Waals surface area (Å²) in [5.74, 6) is 0.202. The van der Waals surface area contributed by atoms with Crippen LogP contribution in [-0.4, -0.2) is 57.2 Å². The Balaban J connectivity index is 2.04. The predicted molar refractivity (Wildman–Crippen MR) is 82.2 cm³/mol. The third kappa shape index (κ3) is 4.25. The molecule has 1 saturated heterocycles. The Morgan fingerprint density at radius 1 is 1.57 bits per heavy atom. The van der Waals surface area contributed by atoms with Gasteiger partial charge in [0.25, 0.3) is 0 Å². The molecule has 1 unspecified atom stereocenters. The number of methoxy groups -OCH3 is 1. The summed E-state index contributed by atoms with van der Waals surface area (Å²) in [7, 11) is -2.03. The molecule has 1 aromatic heterocycles. The maximum atomic E-state index is 12.5. The van der Waals surface area contributed by atoms with Crippen LogP contribution in [0.15, 0.2) is 35.1 Å². The van der Waals surface area contributed by atoms with E-state index in [0.29, 0.717) is 25.8 Å². The van der Waals surface area contributed by atoms with E-state index in [2.05, 4.69) is 4.98 Å². The van der Waals surface area contributed by atoms with Gasteiger partial charge in [-0.3, -0.25) is 0 Å².